The Bertz CT molecular complexity index is 341. The predicted molar refractivity (Wildman–Crippen MR) is 112 cm³/mol. The van der Waals surface area contributed by atoms with Crippen LogP contribution in [0.1, 0.15) is 129 Å². The maximum atomic E-state index is 11.5. The molecule has 0 amide bonds. The highest BCUT2D eigenvalue weighted by atomic mass is 16.5. The fourth-order valence-corrected chi connectivity index (χ4v) is 3.28. The molecule has 0 fully saturated rings. The van der Waals surface area contributed by atoms with Gasteiger partial charge in [-0.15, -0.1) is 0 Å². The summed E-state index contributed by atoms with van der Waals surface area (Å²) >= 11 is 0. The van der Waals surface area contributed by atoms with Crippen LogP contribution in [0.3, 0.4) is 0 Å². The van der Waals surface area contributed by atoms with E-state index in [0.29, 0.717) is 25.9 Å². The second-order valence-corrected chi connectivity index (χ2v) is 7.77. The molecule has 160 valence electrons. The van der Waals surface area contributed by atoms with Crippen molar-refractivity contribution in [3.63, 3.8) is 0 Å². The van der Waals surface area contributed by atoms with Crippen LogP contribution in [0.25, 0.3) is 0 Å². The number of carboxylic acid groups (broad SMARTS) is 1. The number of rotatable bonds is 21. The van der Waals surface area contributed by atoms with E-state index in [2.05, 4.69) is 6.92 Å². The molecule has 0 aliphatic heterocycles. The summed E-state index contributed by atoms with van der Waals surface area (Å²) in [4.78, 5) is 21.8. The largest absolute Gasteiger partial charge is 0.481 e. The number of ether oxygens (including phenoxy) is 1. The summed E-state index contributed by atoms with van der Waals surface area (Å²) in [5.41, 5.74) is 0. The van der Waals surface area contributed by atoms with Crippen molar-refractivity contribution in [2.75, 3.05) is 6.61 Å². The Balaban J connectivity index is 3.12. The van der Waals surface area contributed by atoms with E-state index in [0.717, 1.165) is 12.8 Å². The van der Waals surface area contributed by atoms with Gasteiger partial charge in [0, 0.05) is 12.8 Å². The summed E-state index contributed by atoms with van der Waals surface area (Å²) in [6.45, 7) is 2.78. The van der Waals surface area contributed by atoms with Gasteiger partial charge in [-0.1, -0.05) is 96.8 Å². The highest BCUT2D eigenvalue weighted by Gasteiger charge is 2.04. The highest BCUT2D eigenvalue weighted by molar-refractivity contribution is 5.69. The lowest BCUT2D eigenvalue weighted by Crippen LogP contribution is -2.06. The summed E-state index contributed by atoms with van der Waals surface area (Å²) in [6, 6.07) is 0. The van der Waals surface area contributed by atoms with Gasteiger partial charge in [0.05, 0.1) is 6.61 Å². The first-order valence-electron chi connectivity index (χ1n) is 11.5. The molecule has 0 saturated heterocycles. The molecule has 0 saturated carbocycles. The number of carbonyl (C=O) groups excluding carboxylic acids is 1. The summed E-state index contributed by atoms with van der Waals surface area (Å²) in [7, 11) is 0. The van der Waals surface area contributed by atoms with E-state index >= 15 is 0 Å². The minimum Gasteiger partial charge on any atom is -0.481 e. The molecule has 0 unspecified atom stereocenters. The number of carbonyl (C=O) groups is 2. The van der Waals surface area contributed by atoms with Gasteiger partial charge in [-0.25, -0.2) is 0 Å². The van der Waals surface area contributed by atoms with E-state index < -0.39 is 5.97 Å². The Labute approximate surface area is 167 Å². The van der Waals surface area contributed by atoms with Crippen molar-refractivity contribution in [3.05, 3.63) is 0 Å². The van der Waals surface area contributed by atoms with Crippen LogP contribution in [0.2, 0.25) is 0 Å². The second-order valence-electron chi connectivity index (χ2n) is 7.77. The summed E-state index contributed by atoms with van der Waals surface area (Å²) < 4.78 is 5.18. The van der Waals surface area contributed by atoms with Crippen molar-refractivity contribution >= 4 is 11.9 Å². The number of carboxylic acids is 1. The second kappa shape index (κ2) is 21.2. The van der Waals surface area contributed by atoms with Gasteiger partial charge in [-0.2, -0.15) is 0 Å². The molecular formula is C23H44O4. The number of unbranched alkanes of at least 4 members (excludes halogenated alkanes) is 15. The first kappa shape index (κ1) is 25.9. The average Bonchev–Trinajstić information content (AvgIpc) is 2.64. The zero-order valence-corrected chi connectivity index (χ0v) is 17.8. The third kappa shape index (κ3) is 22.9. The minimum atomic E-state index is -0.804. The summed E-state index contributed by atoms with van der Waals surface area (Å²) in [5, 5.41) is 8.52. The zero-order valence-electron chi connectivity index (χ0n) is 17.8. The summed E-state index contributed by atoms with van der Waals surface area (Å²) in [5.74, 6) is -0.994. The van der Waals surface area contributed by atoms with Crippen LogP contribution in [-0.2, 0) is 14.3 Å². The van der Waals surface area contributed by atoms with Crippen LogP contribution in [0.5, 0.6) is 0 Å². The molecule has 0 atom stereocenters. The van der Waals surface area contributed by atoms with Crippen molar-refractivity contribution in [1.82, 2.24) is 0 Å². The number of hydrogen-bond acceptors (Lipinski definition) is 3. The van der Waals surface area contributed by atoms with Gasteiger partial charge in [0.1, 0.15) is 0 Å². The van der Waals surface area contributed by atoms with E-state index in [1.165, 1.54) is 83.5 Å². The molecule has 0 aromatic rings. The molecule has 0 aliphatic rings. The Hall–Kier alpha value is -1.06. The van der Waals surface area contributed by atoms with Gasteiger partial charge in [0.15, 0.2) is 0 Å². The van der Waals surface area contributed by atoms with Gasteiger partial charge >= 0.3 is 11.9 Å². The first-order chi connectivity index (χ1) is 13.2. The van der Waals surface area contributed by atoms with Crippen LogP contribution >= 0.6 is 0 Å². The molecule has 0 radical (unpaired) electrons. The Morgan fingerprint density at radius 1 is 0.593 bits per heavy atom. The van der Waals surface area contributed by atoms with Gasteiger partial charge in [0.2, 0.25) is 0 Å². The van der Waals surface area contributed by atoms with Crippen LogP contribution < -0.4 is 0 Å². The molecule has 4 heteroatoms. The number of aliphatic carboxylic acids is 1. The molecule has 0 aromatic heterocycles. The molecule has 0 spiro atoms. The predicted octanol–water partition coefficient (Wildman–Crippen LogP) is 7.05. The fraction of sp³-hybridized carbons (Fsp3) is 0.913. The smallest absolute Gasteiger partial charge is 0.305 e. The Morgan fingerprint density at radius 3 is 1.44 bits per heavy atom. The summed E-state index contributed by atoms with van der Waals surface area (Å²) in [6.07, 6.45) is 21.5. The van der Waals surface area contributed by atoms with Crippen molar-refractivity contribution < 1.29 is 19.4 Å². The van der Waals surface area contributed by atoms with E-state index in [1.807, 2.05) is 0 Å². The third-order valence-corrected chi connectivity index (χ3v) is 5.03. The van der Waals surface area contributed by atoms with Crippen molar-refractivity contribution in [1.29, 1.82) is 0 Å². The SMILES string of the molecule is CCCCCCCCCCCCCCCCCOC(=O)CCCCC(=O)O. The number of hydrogen-bond donors (Lipinski definition) is 1. The van der Waals surface area contributed by atoms with Gasteiger partial charge in [0.25, 0.3) is 0 Å². The van der Waals surface area contributed by atoms with E-state index in [9.17, 15) is 9.59 Å². The third-order valence-electron chi connectivity index (χ3n) is 5.03. The number of esters is 1. The van der Waals surface area contributed by atoms with Crippen LogP contribution in [0.4, 0.5) is 0 Å². The van der Waals surface area contributed by atoms with Crippen LogP contribution in [0.15, 0.2) is 0 Å². The van der Waals surface area contributed by atoms with Crippen molar-refractivity contribution in [2.24, 2.45) is 0 Å². The minimum absolute atomic E-state index is 0.131. The molecule has 1 N–H and O–H groups in total. The van der Waals surface area contributed by atoms with Crippen molar-refractivity contribution in [3.8, 4) is 0 Å². The van der Waals surface area contributed by atoms with Crippen LogP contribution in [0, 0.1) is 0 Å². The first-order valence-corrected chi connectivity index (χ1v) is 11.5. The topological polar surface area (TPSA) is 63.6 Å². The van der Waals surface area contributed by atoms with Crippen molar-refractivity contribution in [2.45, 2.75) is 129 Å². The van der Waals surface area contributed by atoms with Gasteiger partial charge < -0.3 is 9.84 Å². The molecule has 0 heterocycles. The normalized spacial score (nSPS) is 10.9. The van der Waals surface area contributed by atoms with Gasteiger partial charge in [-0.3, -0.25) is 9.59 Å². The molecule has 4 nitrogen and oxygen atoms in total. The molecule has 0 aliphatic carbocycles. The van der Waals surface area contributed by atoms with E-state index in [-0.39, 0.29) is 12.4 Å². The molecule has 27 heavy (non-hydrogen) atoms. The highest BCUT2D eigenvalue weighted by Crippen LogP contribution is 2.13. The van der Waals surface area contributed by atoms with Gasteiger partial charge in [-0.05, 0) is 19.3 Å². The quantitative estimate of drug-likeness (QED) is 0.170. The Kier molecular flexibility index (Phi) is 20.4. The average molecular weight is 385 g/mol. The zero-order chi connectivity index (χ0) is 20.0. The lowest BCUT2D eigenvalue weighted by Gasteiger charge is -2.05. The van der Waals surface area contributed by atoms with E-state index in [4.69, 9.17) is 9.84 Å². The standard InChI is InChI=1S/C23H44O4/c1-2-3-4-5-6-7-8-9-10-11-12-13-14-15-18-21-27-23(26)20-17-16-19-22(24)25/h2-21H2,1H3,(H,24,25). The maximum absolute atomic E-state index is 11.5. The van der Waals surface area contributed by atoms with E-state index in [1.54, 1.807) is 0 Å². The monoisotopic (exact) mass is 384 g/mol. The molecular weight excluding hydrogens is 340 g/mol. The molecule has 0 aromatic carbocycles. The molecule has 0 rings (SSSR count). The molecule has 0 bridgehead atoms. The van der Waals surface area contributed by atoms with Crippen LogP contribution in [-0.4, -0.2) is 23.7 Å². The maximum Gasteiger partial charge on any atom is 0.305 e. The lowest BCUT2D eigenvalue weighted by atomic mass is 10.0. The fourth-order valence-electron chi connectivity index (χ4n) is 3.28. The lowest BCUT2D eigenvalue weighted by molar-refractivity contribution is -0.144. The Morgan fingerprint density at radius 2 is 1.00 bits per heavy atom.